The number of rotatable bonds is 8. The highest BCUT2D eigenvalue weighted by molar-refractivity contribution is 7.99. The Morgan fingerprint density at radius 1 is 1.03 bits per heavy atom. The Bertz CT molecular complexity index is 1030. The molecule has 0 atom stereocenters. The number of hydrogen-bond acceptors (Lipinski definition) is 5. The van der Waals surface area contributed by atoms with Crippen molar-refractivity contribution >= 4 is 29.3 Å². The largest absolute Gasteiger partial charge is 0.345 e. The Morgan fingerprint density at radius 2 is 1.77 bits per heavy atom. The number of anilines is 1. The molecular formula is C22H25N5O2S. The van der Waals surface area contributed by atoms with Crippen LogP contribution < -0.4 is 10.6 Å². The Morgan fingerprint density at radius 3 is 2.47 bits per heavy atom. The first-order chi connectivity index (χ1) is 14.5. The van der Waals surface area contributed by atoms with Gasteiger partial charge in [-0.15, -0.1) is 10.2 Å². The zero-order chi connectivity index (χ0) is 21.5. The molecule has 2 N–H and O–H groups in total. The minimum absolute atomic E-state index is 0.103. The van der Waals surface area contributed by atoms with Gasteiger partial charge in [0.05, 0.1) is 12.3 Å². The van der Waals surface area contributed by atoms with Crippen LogP contribution in [0.5, 0.6) is 0 Å². The summed E-state index contributed by atoms with van der Waals surface area (Å²) in [5.74, 6) is 0.615. The first-order valence-electron chi connectivity index (χ1n) is 9.73. The van der Waals surface area contributed by atoms with Crippen molar-refractivity contribution in [2.24, 2.45) is 0 Å². The summed E-state index contributed by atoms with van der Waals surface area (Å²) >= 11 is 1.32. The second-order valence-electron chi connectivity index (χ2n) is 6.84. The third-order valence-electron chi connectivity index (χ3n) is 4.58. The molecule has 0 spiro atoms. The first-order valence-corrected chi connectivity index (χ1v) is 10.7. The van der Waals surface area contributed by atoms with Crippen molar-refractivity contribution in [2.75, 3.05) is 11.1 Å². The number of carbonyl (C=O) groups is 2. The van der Waals surface area contributed by atoms with Gasteiger partial charge < -0.3 is 15.2 Å². The lowest BCUT2D eigenvalue weighted by atomic mass is 10.1. The summed E-state index contributed by atoms with van der Waals surface area (Å²) in [7, 11) is 0. The van der Waals surface area contributed by atoms with Gasteiger partial charge in [-0.05, 0) is 44.5 Å². The Kier molecular flexibility index (Phi) is 7.24. The molecule has 3 rings (SSSR count). The van der Waals surface area contributed by atoms with E-state index in [1.54, 1.807) is 12.1 Å². The topological polar surface area (TPSA) is 88.9 Å². The van der Waals surface area contributed by atoms with Gasteiger partial charge in [0.1, 0.15) is 0 Å². The Labute approximate surface area is 180 Å². The molecular weight excluding hydrogens is 398 g/mol. The molecule has 0 saturated heterocycles. The van der Waals surface area contributed by atoms with Gasteiger partial charge in [0.15, 0.2) is 11.0 Å². The number of aromatic nitrogens is 3. The molecule has 1 aromatic heterocycles. The average Bonchev–Trinajstić information content (AvgIpc) is 3.14. The lowest BCUT2D eigenvalue weighted by Crippen LogP contribution is -2.24. The van der Waals surface area contributed by atoms with Crippen LogP contribution in [0.25, 0.3) is 0 Å². The number of thioether (sulfide) groups is 1. The molecule has 2 aromatic carbocycles. The highest BCUT2D eigenvalue weighted by Gasteiger charge is 2.15. The Hall–Kier alpha value is -3.13. The van der Waals surface area contributed by atoms with Crippen molar-refractivity contribution in [1.82, 2.24) is 20.1 Å². The average molecular weight is 424 g/mol. The van der Waals surface area contributed by atoms with Crippen LogP contribution in [0, 0.1) is 13.8 Å². The fourth-order valence-corrected chi connectivity index (χ4v) is 3.69. The number of benzene rings is 2. The van der Waals surface area contributed by atoms with Crippen LogP contribution in [-0.2, 0) is 17.9 Å². The molecule has 1 heterocycles. The van der Waals surface area contributed by atoms with Gasteiger partial charge in [-0.1, -0.05) is 47.7 Å². The summed E-state index contributed by atoms with van der Waals surface area (Å²) in [6.07, 6.45) is 0. The molecule has 0 radical (unpaired) electrons. The van der Waals surface area contributed by atoms with E-state index in [2.05, 4.69) is 20.8 Å². The van der Waals surface area contributed by atoms with Crippen LogP contribution >= 0.6 is 11.8 Å². The third-order valence-corrected chi connectivity index (χ3v) is 5.55. The number of amides is 2. The molecule has 2 amide bonds. The molecule has 0 aliphatic heterocycles. The normalized spacial score (nSPS) is 10.6. The monoisotopic (exact) mass is 423 g/mol. The fraction of sp³-hybridized carbons (Fsp3) is 0.273. The van der Waals surface area contributed by atoms with E-state index < -0.39 is 0 Å². The lowest BCUT2D eigenvalue weighted by molar-refractivity contribution is -0.113. The fourth-order valence-electron chi connectivity index (χ4n) is 2.87. The van der Waals surface area contributed by atoms with Gasteiger partial charge in [0.2, 0.25) is 5.91 Å². The van der Waals surface area contributed by atoms with Crippen molar-refractivity contribution in [3.63, 3.8) is 0 Å². The second kappa shape index (κ2) is 10.1. The second-order valence-corrected chi connectivity index (χ2v) is 7.79. The molecule has 0 fully saturated rings. The molecule has 0 bridgehead atoms. The summed E-state index contributed by atoms with van der Waals surface area (Å²) in [5, 5.41) is 14.8. The summed E-state index contributed by atoms with van der Waals surface area (Å²) in [5.41, 5.74) is 3.52. The summed E-state index contributed by atoms with van der Waals surface area (Å²) in [6.45, 7) is 6.82. The van der Waals surface area contributed by atoms with Gasteiger partial charge in [0, 0.05) is 17.8 Å². The van der Waals surface area contributed by atoms with E-state index in [1.807, 2.05) is 61.7 Å². The summed E-state index contributed by atoms with van der Waals surface area (Å²) < 4.78 is 1.90. The molecule has 7 nitrogen and oxygen atoms in total. The quantitative estimate of drug-likeness (QED) is 0.541. The number of para-hydroxylation sites is 1. The van der Waals surface area contributed by atoms with Crippen molar-refractivity contribution in [1.29, 1.82) is 0 Å². The number of nitrogens with one attached hydrogen (secondary N) is 2. The highest BCUT2D eigenvalue weighted by Crippen LogP contribution is 2.19. The maximum Gasteiger partial charge on any atom is 0.251 e. The molecule has 0 saturated carbocycles. The van der Waals surface area contributed by atoms with Crippen LogP contribution in [-0.4, -0.2) is 32.3 Å². The Balaban J connectivity index is 1.57. The molecule has 156 valence electrons. The van der Waals surface area contributed by atoms with Crippen molar-refractivity contribution in [3.8, 4) is 0 Å². The number of aryl methyl sites for hydroxylation is 2. The zero-order valence-electron chi connectivity index (χ0n) is 17.3. The van der Waals surface area contributed by atoms with E-state index in [0.717, 1.165) is 16.8 Å². The van der Waals surface area contributed by atoms with Crippen LogP contribution in [0.4, 0.5) is 5.69 Å². The predicted octanol–water partition coefficient (Wildman–Crippen LogP) is 3.58. The molecule has 30 heavy (non-hydrogen) atoms. The third kappa shape index (κ3) is 5.48. The van der Waals surface area contributed by atoms with E-state index in [1.165, 1.54) is 11.8 Å². The van der Waals surface area contributed by atoms with Crippen LogP contribution in [0.15, 0.2) is 53.7 Å². The van der Waals surface area contributed by atoms with E-state index in [0.29, 0.717) is 23.1 Å². The molecule has 3 aromatic rings. The van der Waals surface area contributed by atoms with Gasteiger partial charge in [-0.25, -0.2) is 0 Å². The molecule has 8 heteroatoms. The lowest BCUT2D eigenvalue weighted by Gasteiger charge is -2.10. The molecule has 0 unspecified atom stereocenters. The first kappa shape index (κ1) is 21.6. The van der Waals surface area contributed by atoms with Gasteiger partial charge in [-0.3, -0.25) is 9.59 Å². The smallest absolute Gasteiger partial charge is 0.251 e. The minimum Gasteiger partial charge on any atom is -0.345 e. The van der Waals surface area contributed by atoms with Crippen LogP contribution in [0.2, 0.25) is 0 Å². The number of hydrogen-bond donors (Lipinski definition) is 2. The van der Waals surface area contributed by atoms with Gasteiger partial charge in [-0.2, -0.15) is 0 Å². The zero-order valence-corrected chi connectivity index (χ0v) is 18.1. The van der Waals surface area contributed by atoms with E-state index in [9.17, 15) is 9.59 Å². The maximum absolute atomic E-state index is 12.3. The van der Waals surface area contributed by atoms with Crippen LogP contribution in [0.3, 0.4) is 0 Å². The minimum atomic E-state index is -0.160. The maximum atomic E-state index is 12.3. The van der Waals surface area contributed by atoms with Crippen LogP contribution in [0.1, 0.15) is 34.2 Å². The highest BCUT2D eigenvalue weighted by atomic mass is 32.2. The van der Waals surface area contributed by atoms with E-state index in [-0.39, 0.29) is 24.1 Å². The van der Waals surface area contributed by atoms with Gasteiger partial charge >= 0.3 is 0 Å². The summed E-state index contributed by atoms with van der Waals surface area (Å²) in [4.78, 5) is 24.6. The van der Waals surface area contributed by atoms with Crippen molar-refractivity contribution in [3.05, 3.63) is 71.0 Å². The standard InChI is InChI=1S/C22H25N5O2S/c1-4-27-19(13-23-21(29)17-11-9-15(2)10-12-17)25-26-22(27)30-14-20(28)24-18-8-6-5-7-16(18)3/h5-12H,4,13-14H2,1-3H3,(H,23,29)(H,24,28). The summed E-state index contributed by atoms with van der Waals surface area (Å²) in [6, 6.07) is 15.0. The SMILES string of the molecule is CCn1c(CNC(=O)c2ccc(C)cc2)nnc1SCC(=O)Nc1ccccc1C. The van der Waals surface area contributed by atoms with Crippen molar-refractivity contribution in [2.45, 2.75) is 39.0 Å². The van der Waals surface area contributed by atoms with E-state index in [4.69, 9.17) is 0 Å². The molecule has 0 aliphatic rings. The number of nitrogens with zero attached hydrogens (tertiary/aromatic N) is 3. The van der Waals surface area contributed by atoms with E-state index >= 15 is 0 Å². The predicted molar refractivity (Wildman–Crippen MR) is 119 cm³/mol. The molecule has 0 aliphatic carbocycles. The number of carbonyl (C=O) groups excluding carboxylic acids is 2. The van der Waals surface area contributed by atoms with Crippen molar-refractivity contribution < 1.29 is 9.59 Å². The van der Waals surface area contributed by atoms with Gasteiger partial charge in [0.25, 0.3) is 5.91 Å².